The Labute approximate surface area is 179 Å². The lowest BCUT2D eigenvalue weighted by Crippen LogP contribution is -2.51. The molecule has 9 heteroatoms. The third-order valence-corrected chi connectivity index (χ3v) is 9.70. The van der Waals surface area contributed by atoms with Crippen LogP contribution >= 0.6 is 0 Å². The van der Waals surface area contributed by atoms with E-state index < -0.39 is 15.3 Å². The summed E-state index contributed by atoms with van der Waals surface area (Å²) in [5, 5.41) is 2.56. The van der Waals surface area contributed by atoms with Crippen LogP contribution in [0.3, 0.4) is 0 Å². The average molecular weight is 439 g/mol. The fraction of sp³-hybridized carbons (Fsp3) is 0.810. The van der Waals surface area contributed by atoms with E-state index in [0.717, 1.165) is 38.8 Å². The fourth-order valence-electron chi connectivity index (χ4n) is 5.68. The first-order valence-corrected chi connectivity index (χ1v) is 12.8. The molecule has 0 aromatic carbocycles. The Kier molecular flexibility index (Phi) is 6.39. The minimum absolute atomic E-state index is 0.0777. The summed E-state index contributed by atoms with van der Waals surface area (Å²) >= 11 is 0. The van der Waals surface area contributed by atoms with E-state index in [1.807, 2.05) is 9.80 Å². The van der Waals surface area contributed by atoms with Crippen LogP contribution in [-0.2, 0) is 14.8 Å². The van der Waals surface area contributed by atoms with Crippen molar-refractivity contribution in [3.8, 4) is 0 Å². The molecule has 3 saturated heterocycles. The Morgan fingerprint density at radius 3 is 2.03 bits per heavy atom. The lowest BCUT2D eigenvalue weighted by atomic mass is 10.0. The highest BCUT2D eigenvalue weighted by molar-refractivity contribution is 7.89. The lowest BCUT2D eigenvalue weighted by molar-refractivity contribution is -0.117. The van der Waals surface area contributed by atoms with E-state index in [4.69, 9.17) is 0 Å². The number of amides is 3. The molecular weight excluding hydrogens is 404 g/mol. The van der Waals surface area contributed by atoms with E-state index in [1.54, 1.807) is 4.31 Å². The predicted molar refractivity (Wildman–Crippen MR) is 114 cm³/mol. The molecule has 3 aliphatic heterocycles. The molecule has 1 N–H and O–H groups in total. The fourth-order valence-corrected chi connectivity index (χ4v) is 7.71. The molecule has 1 saturated carbocycles. The summed E-state index contributed by atoms with van der Waals surface area (Å²) in [5.41, 5.74) is 0. The largest absolute Gasteiger partial charge is 0.350 e. The smallest absolute Gasteiger partial charge is 0.319 e. The molecule has 0 aromatic rings. The number of piperidine rings is 2. The van der Waals surface area contributed by atoms with Crippen LogP contribution in [0.4, 0.5) is 4.79 Å². The number of likely N-dealkylation sites (tertiary alicyclic amines) is 2. The van der Waals surface area contributed by atoms with Gasteiger partial charge in [0.2, 0.25) is 15.9 Å². The SMILES string of the molecule is C=CC(=O)NC1CC2CN(S(=O)(=O)C3CCN(C(=O)N4CCCCC4)CC3)CC2C1. The molecule has 0 aromatic heterocycles. The summed E-state index contributed by atoms with van der Waals surface area (Å²) < 4.78 is 28.1. The molecule has 2 atom stereocenters. The maximum absolute atomic E-state index is 13.2. The van der Waals surface area contributed by atoms with E-state index in [-0.39, 0.29) is 18.0 Å². The van der Waals surface area contributed by atoms with Crippen LogP contribution < -0.4 is 5.32 Å². The maximum Gasteiger partial charge on any atom is 0.319 e. The Bertz CT molecular complexity index is 758. The molecule has 4 fully saturated rings. The van der Waals surface area contributed by atoms with Gasteiger partial charge in [0, 0.05) is 45.3 Å². The quantitative estimate of drug-likeness (QED) is 0.672. The highest BCUT2D eigenvalue weighted by Crippen LogP contribution is 2.40. The van der Waals surface area contributed by atoms with Gasteiger partial charge in [0.15, 0.2) is 0 Å². The molecule has 30 heavy (non-hydrogen) atoms. The van der Waals surface area contributed by atoms with Crippen LogP contribution in [0, 0.1) is 11.8 Å². The van der Waals surface area contributed by atoms with Crippen LogP contribution in [0.1, 0.15) is 44.9 Å². The molecule has 4 rings (SSSR count). The Balaban J connectivity index is 1.28. The molecule has 3 heterocycles. The number of nitrogens with zero attached hydrogens (tertiary/aromatic N) is 3. The molecule has 0 bridgehead atoms. The van der Waals surface area contributed by atoms with Gasteiger partial charge in [0.25, 0.3) is 0 Å². The van der Waals surface area contributed by atoms with Gasteiger partial charge in [-0.1, -0.05) is 6.58 Å². The summed E-state index contributed by atoms with van der Waals surface area (Å²) in [4.78, 5) is 28.0. The van der Waals surface area contributed by atoms with Gasteiger partial charge < -0.3 is 15.1 Å². The number of hydrogen-bond acceptors (Lipinski definition) is 4. The number of urea groups is 1. The zero-order valence-electron chi connectivity index (χ0n) is 17.7. The summed E-state index contributed by atoms with van der Waals surface area (Å²) in [7, 11) is -3.34. The normalized spacial score (nSPS) is 30.9. The van der Waals surface area contributed by atoms with Crippen LogP contribution in [0.5, 0.6) is 0 Å². The second-order valence-corrected chi connectivity index (χ2v) is 11.5. The first kappa shape index (κ1) is 21.6. The van der Waals surface area contributed by atoms with Gasteiger partial charge in [0.05, 0.1) is 5.25 Å². The van der Waals surface area contributed by atoms with Crippen molar-refractivity contribution in [3.05, 3.63) is 12.7 Å². The standard InChI is InChI=1S/C21H34N4O4S/c1-2-20(26)22-18-12-16-14-25(15-17(16)13-18)30(28,29)19-6-10-24(11-7-19)21(27)23-8-4-3-5-9-23/h2,16-19H,1,3-15H2,(H,22,26). The van der Waals surface area contributed by atoms with E-state index >= 15 is 0 Å². The van der Waals surface area contributed by atoms with Crippen molar-refractivity contribution in [1.82, 2.24) is 19.4 Å². The molecule has 8 nitrogen and oxygen atoms in total. The molecule has 4 aliphatic rings. The maximum atomic E-state index is 13.2. The first-order chi connectivity index (χ1) is 14.4. The second-order valence-electron chi connectivity index (χ2n) is 9.28. The van der Waals surface area contributed by atoms with Crippen LogP contribution in [-0.4, -0.2) is 85.0 Å². The number of carbonyl (C=O) groups excluding carboxylic acids is 2. The average Bonchev–Trinajstić information content (AvgIpc) is 3.33. The topological polar surface area (TPSA) is 90.0 Å². The molecule has 0 spiro atoms. The summed E-state index contributed by atoms with van der Waals surface area (Å²) in [6, 6.07) is 0.202. The van der Waals surface area contributed by atoms with Crippen LogP contribution in [0.15, 0.2) is 12.7 Å². The van der Waals surface area contributed by atoms with E-state index in [1.165, 1.54) is 12.5 Å². The van der Waals surface area contributed by atoms with Crippen molar-refractivity contribution in [2.75, 3.05) is 39.3 Å². The third kappa shape index (κ3) is 4.37. The Hall–Kier alpha value is -1.61. The van der Waals surface area contributed by atoms with Gasteiger partial charge in [-0.2, -0.15) is 0 Å². The summed E-state index contributed by atoms with van der Waals surface area (Å²) in [5.74, 6) is 0.474. The minimum atomic E-state index is -3.34. The highest BCUT2D eigenvalue weighted by Gasteiger charge is 2.47. The third-order valence-electron chi connectivity index (χ3n) is 7.37. The van der Waals surface area contributed by atoms with E-state index in [2.05, 4.69) is 11.9 Å². The van der Waals surface area contributed by atoms with Crippen molar-refractivity contribution in [3.63, 3.8) is 0 Å². The zero-order chi connectivity index (χ0) is 21.3. The summed E-state index contributed by atoms with van der Waals surface area (Å²) in [6.07, 6.45) is 7.30. The van der Waals surface area contributed by atoms with Gasteiger partial charge in [0.1, 0.15) is 0 Å². The number of fused-ring (bicyclic) bond motifs is 1. The van der Waals surface area contributed by atoms with Gasteiger partial charge in [-0.25, -0.2) is 17.5 Å². The van der Waals surface area contributed by atoms with E-state index in [9.17, 15) is 18.0 Å². The van der Waals surface area contributed by atoms with Gasteiger partial charge in [-0.05, 0) is 62.9 Å². The van der Waals surface area contributed by atoms with Crippen molar-refractivity contribution in [1.29, 1.82) is 0 Å². The molecule has 2 unspecified atom stereocenters. The molecular formula is C21H34N4O4S. The lowest BCUT2D eigenvalue weighted by Gasteiger charge is -2.37. The van der Waals surface area contributed by atoms with Crippen molar-refractivity contribution >= 4 is 22.0 Å². The van der Waals surface area contributed by atoms with Crippen LogP contribution in [0.25, 0.3) is 0 Å². The number of nitrogens with one attached hydrogen (secondary N) is 1. The molecule has 3 amide bonds. The van der Waals surface area contributed by atoms with Crippen molar-refractivity contribution in [2.24, 2.45) is 11.8 Å². The van der Waals surface area contributed by atoms with Gasteiger partial charge >= 0.3 is 6.03 Å². The Morgan fingerprint density at radius 1 is 0.900 bits per heavy atom. The molecule has 0 radical (unpaired) electrons. The number of sulfonamides is 1. The van der Waals surface area contributed by atoms with Gasteiger partial charge in [-0.15, -0.1) is 0 Å². The van der Waals surface area contributed by atoms with Crippen molar-refractivity contribution in [2.45, 2.75) is 56.2 Å². The van der Waals surface area contributed by atoms with E-state index in [0.29, 0.717) is 50.9 Å². The number of hydrogen-bond donors (Lipinski definition) is 1. The van der Waals surface area contributed by atoms with Crippen molar-refractivity contribution < 1.29 is 18.0 Å². The van der Waals surface area contributed by atoms with Gasteiger partial charge in [-0.3, -0.25) is 4.79 Å². The number of rotatable bonds is 4. The highest BCUT2D eigenvalue weighted by atomic mass is 32.2. The minimum Gasteiger partial charge on any atom is -0.350 e. The monoisotopic (exact) mass is 438 g/mol. The van der Waals surface area contributed by atoms with Crippen LogP contribution in [0.2, 0.25) is 0 Å². The zero-order valence-corrected chi connectivity index (χ0v) is 18.5. The first-order valence-electron chi connectivity index (χ1n) is 11.3. The molecule has 1 aliphatic carbocycles. The summed E-state index contributed by atoms with van der Waals surface area (Å²) in [6.45, 7) is 7.29. The molecule has 168 valence electrons. The Morgan fingerprint density at radius 2 is 1.47 bits per heavy atom. The second kappa shape index (κ2) is 8.86. The predicted octanol–water partition coefficient (Wildman–Crippen LogP) is 1.40. The number of carbonyl (C=O) groups is 2.